The van der Waals surface area contributed by atoms with Gasteiger partial charge in [0, 0.05) is 25.7 Å². The van der Waals surface area contributed by atoms with Gasteiger partial charge in [0.2, 0.25) is 11.7 Å². The molecular formula is C12H12N6O3S. The second kappa shape index (κ2) is 4.91. The molecule has 0 saturated heterocycles. The molecule has 0 saturated carbocycles. The lowest BCUT2D eigenvalue weighted by molar-refractivity contribution is -0.118. The molecule has 114 valence electrons. The maximum absolute atomic E-state index is 12.4. The molecule has 1 amide bonds. The summed E-state index contributed by atoms with van der Waals surface area (Å²) in [5.41, 5.74) is 4.67. The highest BCUT2D eigenvalue weighted by Gasteiger charge is 2.28. The Bertz CT molecular complexity index is 981. The van der Waals surface area contributed by atoms with Crippen molar-refractivity contribution in [2.45, 2.75) is 5.92 Å². The third-order valence-corrected chi connectivity index (χ3v) is 4.24. The Morgan fingerprint density at radius 2 is 1.95 bits per heavy atom. The van der Waals surface area contributed by atoms with Crippen LogP contribution in [0.3, 0.4) is 0 Å². The van der Waals surface area contributed by atoms with E-state index in [0.29, 0.717) is 5.01 Å². The minimum Gasteiger partial charge on any atom is -0.369 e. The highest BCUT2D eigenvalue weighted by molar-refractivity contribution is 7.09. The van der Waals surface area contributed by atoms with Gasteiger partial charge in [0.25, 0.3) is 0 Å². The predicted molar refractivity (Wildman–Crippen MR) is 78.8 cm³/mol. The van der Waals surface area contributed by atoms with E-state index in [1.165, 1.54) is 40.6 Å². The van der Waals surface area contributed by atoms with E-state index in [2.05, 4.69) is 9.97 Å². The lowest BCUT2D eigenvalue weighted by atomic mass is 10.1. The van der Waals surface area contributed by atoms with E-state index in [9.17, 15) is 14.4 Å². The summed E-state index contributed by atoms with van der Waals surface area (Å²) in [6, 6.07) is 0. The molecule has 9 nitrogen and oxygen atoms in total. The normalized spacial score (nSPS) is 12.6. The van der Waals surface area contributed by atoms with Crippen LogP contribution in [0.25, 0.3) is 5.78 Å². The monoisotopic (exact) mass is 320 g/mol. The molecule has 1 unspecified atom stereocenters. The number of thiazole rings is 1. The number of aromatic nitrogens is 5. The quantitative estimate of drug-likeness (QED) is 0.651. The molecule has 0 bridgehead atoms. The van der Waals surface area contributed by atoms with Gasteiger partial charge in [0.15, 0.2) is 0 Å². The molecule has 0 aliphatic heterocycles. The summed E-state index contributed by atoms with van der Waals surface area (Å²) in [6.07, 6.45) is 2.92. The fourth-order valence-corrected chi connectivity index (χ4v) is 3.06. The number of hydrogen-bond acceptors (Lipinski definition) is 6. The molecule has 3 aromatic rings. The van der Waals surface area contributed by atoms with Crippen LogP contribution in [0.15, 0.2) is 27.4 Å². The van der Waals surface area contributed by atoms with Crippen LogP contribution in [0.4, 0.5) is 0 Å². The second-order valence-electron chi connectivity index (χ2n) is 4.71. The number of carbonyl (C=O) groups excluding carboxylic acids is 1. The number of hydrogen-bond donors (Lipinski definition) is 1. The molecule has 0 fully saturated rings. The van der Waals surface area contributed by atoms with Crippen LogP contribution in [0, 0.1) is 0 Å². The van der Waals surface area contributed by atoms with E-state index in [0.717, 1.165) is 4.57 Å². The Morgan fingerprint density at radius 3 is 2.55 bits per heavy atom. The number of carbonyl (C=O) groups is 1. The maximum Gasteiger partial charge on any atom is 0.339 e. The van der Waals surface area contributed by atoms with E-state index in [-0.39, 0.29) is 11.5 Å². The molecule has 1 atom stereocenters. The third-order valence-electron chi connectivity index (χ3n) is 3.40. The standard InChI is InChI=1S/C12H12N6O3S/c1-16-10-15-5-6(18(10)12(21)17(2)11(16)20)7(8(13)19)9-14-3-4-22-9/h3-5,7H,1-2H3,(H2,13,19). The Kier molecular flexibility index (Phi) is 3.17. The average Bonchev–Trinajstić information content (AvgIpc) is 3.13. The fraction of sp³-hybridized carbons (Fsp3) is 0.250. The van der Waals surface area contributed by atoms with Crippen molar-refractivity contribution in [1.29, 1.82) is 0 Å². The summed E-state index contributed by atoms with van der Waals surface area (Å²) in [6.45, 7) is 0. The molecule has 22 heavy (non-hydrogen) atoms. The number of primary amides is 1. The van der Waals surface area contributed by atoms with Crippen molar-refractivity contribution >= 4 is 23.0 Å². The molecular weight excluding hydrogens is 308 g/mol. The predicted octanol–water partition coefficient (Wildman–Crippen LogP) is -1.19. The number of nitrogens with zero attached hydrogens (tertiary/aromatic N) is 5. The van der Waals surface area contributed by atoms with Gasteiger partial charge >= 0.3 is 11.4 Å². The van der Waals surface area contributed by atoms with Gasteiger partial charge in [-0.3, -0.25) is 9.36 Å². The average molecular weight is 320 g/mol. The van der Waals surface area contributed by atoms with E-state index < -0.39 is 23.2 Å². The van der Waals surface area contributed by atoms with Crippen molar-refractivity contribution in [3.8, 4) is 0 Å². The van der Waals surface area contributed by atoms with Gasteiger partial charge in [-0.1, -0.05) is 0 Å². The molecule has 0 radical (unpaired) electrons. The number of rotatable bonds is 3. The van der Waals surface area contributed by atoms with Crippen molar-refractivity contribution in [1.82, 2.24) is 23.5 Å². The van der Waals surface area contributed by atoms with Crippen LogP contribution in [0.2, 0.25) is 0 Å². The molecule has 3 rings (SSSR count). The van der Waals surface area contributed by atoms with Crippen LogP contribution in [-0.4, -0.2) is 29.4 Å². The smallest absolute Gasteiger partial charge is 0.339 e. The molecule has 0 aromatic carbocycles. The highest BCUT2D eigenvalue weighted by Crippen LogP contribution is 2.25. The van der Waals surface area contributed by atoms with Gasteiger partial charge in [0.1, 0.15) is 10.9 Å². The van der Waals surface area contributed by atoms with Crippen LogP contribution >= 0.6 is 11.3 Å². The summed E-state index contributed by atoms with van der Waals surface area (Å²) >= 11 is 1.25. The molecule has 0 aliphatic carbocycles. The molecule has 0 aliphatic rings. The van der Waals surface area contributed by atoms with Crippen LogP contribution in [-0.2, 0) is 18.9 Å². The fourth-order valence-electron chi connectivity index (χ4n) is 2.30. The zero-order valence-corrected chi connectivity index (χ0v) is 12.6. The van der Waals surface area contributed by atoms with E-state index >= 15 is 0 Å². The topological polar surface area (TPSA) is 117 Å². The first-order chi connectivity index (χ1) is 10.4. The molecule has 10 heteroatoms. The van der Waals surface area contributed by atoms with Gasteiger partial charge in [0.05, 0.1) is 11.9 Å². The van der Waals surface area contributed by atoms with Crippen molar-refractivity contribution in [3.63, 3.8) is 0 Å². The molecule has 3 aromatic heterocycles. The van der Waals surface area contributed by atoms with Gasteiger partial charge < -0.3 is 5.73 Å². The van der Waals surface area contributed by atoms with Crippen molar-refractivity contribution in [2.75, 3.05) is 0 Å². The lowest BCUT2D eigenvalue weighted by Gasteiger charge is -2.11. The van der Waals surface area contributed by atoms with Gasteiger partial charge in [-0.2, -0.15) is 0 Å². The Labute approximate surface area is 127 Å². The zero-order chi connectivity index (χ0) is 16.0. The number of aryl methyl sites for hydroxylation is 1. The van der Waals surface area contributed by atoms with Crippen molar-refractivity contribution in [2.24, 2.45) is 19.8 Å². The highest BCUT2D eigenvalue weighted by atomic mass is 32.1. The number of nitrogens with two attached hydrogens (primary N) is 1. The summed E-state index contributed by atoms with van der Waals surface area (Å²) in [4.78, 5) is 44.3. The zero-order valence-electron chi connectivity index (χ0n) is 11.8. The summed E-state index contributed by atoms with van der Waals surface area (Å²) in [5.74, 6) is -1.40. The van der Waals surface area contributed by atoms with E-state index in [1.54, 1.807) is 11.6 Å². The van der Waals surface area contributed by atoms with Crippen LogP contribution in [0.5, 0.6) is 0 Å². The van der Waals surface area contributed by atoms with Crippen LogP contribution < -0.4 is 17.1 Å². The Hall–Kier alpha value is -2.75. The third kappa shape index (κ3) is 1.88. The number of imidazole rings is 1. The lowest BCUT2D eigenvalue weighted by Crippen LogP contribution is -2.42. The molecule has 0 spiro atoms. The van der Waals surface area contributed by atoms with Crippen LogP contribution in [0.1, 0.15) is 16.6 Å². The first-order valence-electron chi connectivity index (χ1n) is 6.25. The second-order valence-corrected chi connectivity index (χ2v) is 5.63. The molecule has 2 N–H and O–H groups in total. The van der Waals surface area contributed by atoms with E-state index in [1.807, 2.05) is 0 Å². The molecule has 3 heterocycles. The summed E-state index contributed by atoms with van der Waals surface area (Å²) in [5, 5.41) is 2.17. The van der Waals surface area contributed by atoms with Gasteiger partial charge in [-0.15, -0.1) is 11.3 Å². The number of amides is 1. The first kappa shape index (κ1) is 14.2. The minimum absolute atomic E-state index is 0.144. The van der Waals surface area contributed by atoms with Crippen molar-refractivity contribution < 1.29 is 4.79 Å². The van der Waals surface area contributed by atoms with Crippen molar-refractivity contribution in [3.05, 3.63) is 49.4 Å². The summed E-state index contributed by atoms with van der Waals surface area (Å²) in [7, 11) is 2.85. The summed E-state index contributed by atoms with van der Waals surface area (Å²) < 4.78 is 3.38. The first-order valence-corrected chi connectivity index (χ1v) is 7.13. The Morgan fingerprint density at radius 1 is 1.23 bits per heavy atom. The SMILES string of the molecule is Cn1c(=O)n(C)c2ncc(C(C(N)=O)c3nccs3)n2c1=O. The Balaban J connectivity index is 2.40. The van der Waals surface area contributed by atoms with Gasteiger partial charge in [-0.25, -0.2) is 28.5 Å². The van der Waals surface area contributed by atoms with Gasteiger partial charge in [-0.05, 0) is 0 Å². The minimum atomic E-state index is -0.903. The number of fused-ring (bicyclic) bond motifs is 1. The largest absolute Gasteiger partial charge is 0.369 e. The van der Waals surface area contributed by atoms with E-state index in [4.69, 9.17) is 5.73 Å². The maximum atomic E-state index is 12.4.